The number of nitrogens with zero attached hydrogens (tertiary/aromatic N) is 1. The van der Waals surface area contributed by atoms with E-state index in [0.29, 0.717) is 0 Å². The highest BCUT2D eigenvalue weighted by Crippen LogP contribution is 2.21. The van der Waals surface area contributed by atoms with Crippen LogP contribution in [0, 0.1) is 23.0 Å². The third-order valence-corrected chi connectivity index (χ3v) is 3.59. The Bertz CT molecular complexity index is 798. The molecule has 0 aliphatic carbocycles. The summed E-state index contributed by atoms with van der Waals surface area (Å²) in [7, 11) is -4.26. The van der Waals surface area contributed by atoms with Gasteiger partial charge in [0.15, 0.2) is 0 Å². The van der Waals surface area contributed by atoms with E-state index >= 15 is 0 Å². The second-order valence-electron chi connectivity index (χ2n) is 3.75. The Morgan fingerprint density at radius 3 is 2.50 bits per heavy atom. The van der Waals surface area contributed by atoms with E-state index in [2.05, 4.69) is 0 Å². The molecule has 4 nitrogen and oxygen atoms in total. The fraction of sp³-hybridized carbons (Fsp3) is 0. The van der Waals surface area contributed by atoms with E-state index in [0.717, 1.165) is 30.3 Å². The average Bonchev–Trinajstić information content (AvgIpc) is 2.38. The van der Waals surface area contributed by atoms with Gasteiger partial charge in [0.25, 0.3) is 0 Å². The molecule has 0 aliphatic heterocycles. The normalized spacial score (nSPS) is 10.8. The first-order valence-corrected chi connectivity index (χ1v) is 6.73. The summed E-state index contributed by atoms with van der Waals surface area (Å²) in [4.78, 5) is -0.389. The quantitative estimate of drug-likeness (QED) is 0.816. The second kappa shape index (κ2) is 5.27. The SMILES string of the molecule is N#Cc1cc(S(=O)(=O)Oc2cccc(F)c2)ccc1F. The molecule has 0 aromatic heterocycles. The second-order valence-corrected chi connectivity index (χ2v) is 5.29. The zero-order chi connectivity index (χ0) is 14.8. The molecule has 0 atom stereocenters. The third-order valence-electron chi connectivity index (χ3n) is 2.35. The molecule has 7 heteroatoms. The van der Waals surface area contributed by atoms with Crippen molar-refractivity contribution in [3.63, 3.8) is 0 Å². The standard InChI is InChI=1S/C13H7F2NO3S/c14-10-2-1-3-11(7-10)19-20(17,18)12-4-5-13(15)9(6-12)8-16/h1-7H. The molecule has 0 bridgehead atoms. The van der Waals surface area contributed by atoms with Gasteiger partial charge in [-0.2, -0.15) is 13.7 Å². The zero-order valence-electron chi connectivity index (χ0n) is 9.88. The number of benzene rings is 2. The van der Waals surface area contributed by atoms with Crippen LogP contribution in [0.3, 0.4) is 0 Å². The average molecular weight is 295 g/mol. The minimum atomic E-state index is -4.26. The monoisotopic (exact) mass is 295 g/mol. The highest BCUT2D eigenvalue weighted by Gasteiger charge is 2.19. The van der Waals surface area contributed by atoms with E-state index in [1.54, 1.807) is 0 Å². The number of halogens is 2. The highest BCUT2D eigenvalue weighted by atomic mass is 32.2. The van der Waals surface area contributed by atoms with Gasteiger partial charge in [0.05, 0.1) is 5.56 Å². The first-order valence-electron chi connectivity index (χ1n) is 5.32. The van der Waals surface area contributed by atoms with Crippen LogP contribution in [0.4, 0.5) is 8.78 Å². The van der Waals surface area contributed by atoms with Crippen molar-refractivity contribution >= 4 is 10.1 Å². The van der Waals surface area contributed by atoms with Gasteiger partial charge in [-0.25, -0.2) is 8.78 Å². The van der Waals surface area contributed by atoms with E-state index in [1.165, 1.54) is 18.2 Å². The van der Waals surface area contributed by atoms with Crippen LogP contribution >= 0.6 is 0 Å². The van der Waals surface area contributed by atoms with Crippen LogP contribution in [0.15, 0.2) is 47.4 Å². The highest BCUT2D eigenvalue weighted by molar-refractivity contribution is 7.87. The van der Waals surface area contributed by atoms with Crippen LogP contribution in [0.2, 0.25) is 0 Å². The van der Waals surface area contributed by atoms with Crippen LogP contribution in [0.1, 0.15) is 5.56 Å². The van der Waals surface area contributed by atoms with Gasteiger partial charge in [0, 0.05) is 6.07 Å². The summed E-state index contributed by atoms with van der Waals surface area (Å²) in [6.07, 6.45) is 0. The van der Waals surface area contributed by atoms with E-state index in [1.807, 2.05) is 0 Å². The Morgan fingerprint density at radius 1 is 1.10 bits per heavy atom. The smallest absolute Gasteiger partial charge is 0.339 e. The maximum absolute atomic E-state index is 13.1. The molecule has 0 fully saturated rings. The topological polar surface area (TPSA) is 67.2 Å². The van der Waals surface area contributed by atoms with Crippen LogP contribution in [-0.2, 0) is 10.1 Å². The van der Waals surface area contributed by atoms with E-state index in [-0.39, 0.29) is 10.6 Å². The number of nitriles is 1. The van der Waals surface area contributed by atoms with Crippen molar-refractivity contribution in [2.75, 3.05) is 0 Å². The fourth-order valence-electron chi connectivity index (χ4n) is 1.44. The van der Waals surface area contributed by atoms with Crippen molar-refractivity contribution < 1.29 is 21.4 Å². The fourth-order valence-corrected chi connectivity index (χ4v) is 2.39. The molecule has 0 amide bonds. The summed E-state index contributed by atoms with van der Waals surface area (Å²) in [5.74, 6) is -1.71. The molecule has 20 heavy (non-hydrogen) atoms. The Balaban J connectivity index is 2.39. The Hall–Kier alpha value is -2.46. The Labute approximate surface area is 114 Å². The molecule has 2 rings (SSSR count). The zero-order valence-corrected chi connectivity index (χ0v) is 10.7. The summed E-state index contributed by atoms with van der Waals surface area (Å²) in [5, 5.41) is 8.66. The molecule has 2 aromatic rings. The lowest BCUT2D eigenvalue weighted by Gasteiger charge is -2.07. The van der Waals surface area contributed by atoms with Crippen molar-refractivity contribution in [1.82, 2.24) is 0 Å². The van der Waals surface area contributed by atoms with E-state index in [4.69, 9.17) is 9.44 Å². The van der Waals surface area contributed by atoms with Gasteiger partial charge in [-0.05, 0) is 30.3 Å². The van der Waals surface area contributed by atoms with E-state index in [9.17, 15) is 17.2 Å². The van der Waals surface area contributed by atoms with Crippen molar-refractivity contribution in [2.45, 2.75) is 4.90 Å². The van der Waals surface area contributed by atoms with Crippen molar-refractivity contribution in [2.24, 2.45) is 0 Å². The maximum Gasteiger partial charge on any atom is 0.339 e. The minimum Gasteiger partial charge on any atom is -0.379 e. The molecule has 0 unspecified atom stereocenters. The molecular weight excluding hydrogens is 288 g/mol. The molecule has 0 aliphatic rings. The Morgan fingerprint density at radius 2 is 1.85 bits per heavy atom. The summed E-state index contributed by atoms with van der Waals surface area (Å²) >= 11 is 0. The van der Waals surface area contributed by atoms with Gasteiger partial charge < -0.3 is 4.18 Å². The minimum absolute atomic E-state index is 0.215. The maximum atomic E-state index is 13.1. The van der Waals surface area contributed by atoms with E-state index < -0.39 is 27.3 Å². The number of hydrogen-bond donors (Lipinski definition) is 0. The number of rotatable bonds is 3. The predicted octanol–water partition coefficient (Wildman–Crippen LogP) is 2.60. The summed E-state index contributed by atoms with van der Waals surface area (Å²) in [6.45, 7) is 0. The number of hydrogen-bond acceptors (Lipinski definition) is 4. The largest absolute Gasteiger partial charge is 0.379 e. The molecule has 0 spiro atoms. The lowest BCUT2D eigenvalue weighted by molar-refractivity contribution is 0.483. The molecule has 2 aromatic carbocycles. The molecule has 0 radical (unpaired) electrons. The molecule has 0 heterocycles. The predicted molar refractivity (Wildman–Crippen MR) is 65.3 cm³/mol. The first kappa shape index (κ1) is 14.0. The molecule has 0 N–H and O–H groups in total. The van der Waals surface area contributed by atoms with Gasteiger partial charge in [0.1, 0.15) is 28.3 Å². The summed E-state index contributed by atoms with van der Waals surface area (Å²) < 4.78 is 54.6. The molecule has 0 saturated carbocycles. The first-order chi connectivity index (χ1) is 9.42. The third kappa shape index (κ3) is 2.92. The summed E-state index contributed by atoms with van der Waals surface area (Å²) in [6, 6.07) is 8.76. The molecule has 102 valence electrons. The lowest BCUT2D eigenvalue weighted by atomic mass is 10.2. The van der Waals surface area contributed by atoms with Crippen molar-refractivity contribution in [1.29, 1.82) is 5.26 Å². The van der Waals surface area contributed by atoms with Gasteiger partial charge in [-0.15, -0.1) is 0 Å². The lowest BCUT2D eigenvalue weighted by Crippen LogP contribution is -2.10. The molecule has 0 saturated heterocycles. The van der Waals surface area contributed by atoms with Crippen molar-refractivity contribution in [3.05, 3.63) is 59.7 Å². The van der Waals surface area contributed by atoms with Crippen LogP contribution < -0.4 is 4.18 Å². The van der Waals surface area contributed by atoms with Gasteiger partial charge in [-0.1, -0.05) is 6.07 Å². The van der Waals surface area contributed by atoms with Crippen LogP contribution in [0.25, 0.3) is 0 Å². The van der Waals surface area contributed by atoms with Gasteiger partial charge >= 0.3 is 10.1 Å². The van der Waals surface area contributed by atoms with Gasteiger partial charge in [-0.3, -0.25) is 0 Å². The molecular formula is C13H7F2NO3S. The van der Waals surface area contributed by atoms with Gasteiger partial charge in [0.2, 0.25) is 0 Å². The summed E-state index contributed by atoms with van der Waals surface area (Å²) in [5.41, 5.74) is -0.422. The van der Waals surface area contributed by atoms with Crippen LogP contribution in [0.5, 0.6) is 5.75 Å². The van der Waals surface area contributed by atoms with Crippen LogP contribution in [-0.4, -0.2) is 8.42 Å². The Kier molecular flexibility index (Phi) is 3.68. The van der Waals surface area contributed by atoms with Crippen molar-refractivity contribution in [3.8, 4) is 11.8 Å².